The van der Waals surface area contributed by atoms with Crippen LogP contribution in [-0.2, 0) is 22.9 Å². The summed E-state index contributed by atoms with van der Waals surface area (Å²) in [6.45, 7) is 2.97. The average molecular weight is 424 g/mol. The van der Waals surface area contributed by atoms with E-state index in [2.05, 4.69) is 46.1 Å². The van der Waals surface area contributed by atoms with Gasteiger partial charge in [0.2, 0.25) is 10.0 Å². The third-order valence-electron chi connectivity index (χ3n) is 4.47. The molecular formula is C20H29N3O3S2. The van der Waals surface area contributed by atoms with Crippen molar-refractivity contribution in [1.82, 2.24) is 14.9 Å². The van der Waals surface area contributed by atoms with E-state index in [1.807, 2.05) is 20.2 Å². The molecule has 28 heavy (non-hydrogen) atoms. The molecule has 0 saturated heterocycles. The number of thiophene rings is 1. The Balaban J connectivity index is 1.93. The molecule has 1 heterocycles. The maximum absolute atomic E-state index is 12.5. The third kappa shape index (κ3) is 7.01. The van der Waals surface area contributed by atoms with Crippen molar-refractivity contribution >= 4 is 27.3 Å². The van der Waals surface area contributed by atoms with Crippen molar-refractivity contribution in [1.29, 1.82) is 0 Å². The van der Waals surface area contributed by atoms with E-state index in [1.54, 1.807) is 6.07 Å². The fraction of sp³-hybridized carbons (Fsp3) is 0.450. The van der Waals surface area contributed by atoms with Crippen LogP contribution in [0.4, 0.5) is 0 Å². The number of amides is 1. The summed E-state index contributed by atoms with van der Waals surface area (Å²) in [7, 11) is 0.815. The highest BCUT2D eigenvalue weighted by molar-refractivity contribution is 7.88. The maximum Gasteiger partial charge on any atom is 0.261 e. The number of hydrogen-bond donors (Lipinski definition) is 2. The van der Waals surface area contributed by atoms with Gasteiger partial charge in [-0.15, -0.1) is 11.3 Å². The topological polar surface area (TPSA) is 78.5 Å². The first-order valence-electron chi connectivity index (χ1n) is 9.26. The van der Waals surface area contributed by atoms with Gasteiger partial charge >= 0.3 is 0 Å². The normalized spacial score (nSPS) is 12.9. The first-order chi connectivity index (χ1) is 13.2. The van der Waals surface area contributed by atoms with E-state index in [0.29, 0.717) is 24.4 Å². The number of rotatable bonds is 10. The summed E-state index contributed by atoms with van der Waals surface area (Å²) in [5.74, 6) is -0.107. The molecule has 1 aromatic heterocycles. The van der Waals surface area contributed by atoms with Gasteiger partial charge in [0.25, 0.3) is 5.91 Å². The van der Waals surface area contributed by atoms with Crippen LogP contribution in [0.2, 0.25) is 0 Å². The zero-order chi connectivity index (χ0) is 20.7. The number of carbonyl (C=O) groups is 1. The predicted octanol–water partition coefficient (Wildman–Crippen LogP) is 2.43. The molecule has 0 saturated carbocycles. The van der Waals surface area contributed by atoms with Gasteiger partial charge in [-0.05, 0) is 50.2 Å². The molecule has 154 valence electrons. The standard InChI is InChI=1S/C20H29N3O3S2/c1-5-15-6-8-16(9-7-15)18(23(2)3)14-21-20(24)19-11-10-17(27-19)12-13-22-28(4,25)26/h6-11,18,22H,5,12-14H2,1-4H3,(H,21,24). The quantitative estimate of drug-likeness (QED) is 0.615. The van der Waals surface area contributed by atoms with Crippen molar-refractivity contribution < 1.29 is 13.2 Å². The molecule has 1 unspecified atom stereocenters. The van der Waals surface area contributed by atoms with E-state index in [0.717, 1.165) is 17.6 Å². The van der Waals surface area contributed by atoms with E-state index in [-0.39, 0.29) is 11.9 Å². The molecule has 0 fully saturated rings. The molecule has 2 rings (SSSR count). The Bertz CT molecular complexity index is 874. The Morgan fingerprint density at radius 2 is 1.82 bits per heavy atom. The molecule has 1 amide bonds. The largest absolute Gasteiger partial charge is 0.349 e. The first kappa shape index (κ1) is 22.5. The second kappa shape index (κ2) is 10.2. The zero-order valence-electron chi connectivity index (χ0n) is 16.9. The van der Waals surface area contributed by atoms with Crippen molar-refractivity contribution in [3.63, 3.8) is 0 Å². The Hall–Kier alpha value is -1.74. The van der Waals surface area contributed by atoms with E-state index < -0.39 is 10.0 Å². The van der Waals surface area contributed by atoms with Crippen molar-refractivity contribution in [2.24, 2.45) is 0 Å². The maximum atomic E-state index is 12.5. The molecule has 1 aromatic carbocycles. The lowest BCUT2D eigenvalue weighted by Gasteiger charge is -2.25. The summed E-state index contributed by atoms with van der Waals surface area (Å²) >= 11 is 1.39. The summed E-state index contributed by atoms with van der Waals surface area (Å²) in [6.07, 6.45) is 2.70. The van der Waals surface area contributed by atoms with Crippen molar-refractivity contribution in [2.75, 3.05) is 33.4 Å². The van der Waals surface area contributed by atoms with Gasteiger partial charge in [-0.2, -0.15) is 0 Å². The minimum Gasteiger partial charge on any atom is -0.349 e. The fourth-order valence-electron chi connectivity index (χ4n) is 2.84. The number of nitrogens with zero attached hydrogens (tertiary/aromatic N) is 1. The fourth-order valence-corrected chi connectivity index (χ4v) is 4.24. The molecule has 0 bridgehead atoms. The molecule has 8 heteroatoms. The van der Waals surface area contributed by atoms with Crippen molar-refractivity contribution in [3.05, 3.63) is 57.3 Å². The molecule has 0 radical (unpaired) electrons. The number of likely N-dealkylation sites (N-methyl/N-ethyl adjacent to an activating group) is 1. The monoisotopic (exact) mass is 423 g/mol. The van der Waals surface area contributed by atoms with E-state index >= 15 is 0 Å². The van der Waals surface area contributed by atoms with Gasteiger partial charge in [0.05, 0.1) is 17.2 Å². The molecule has 6 nitrogen and oxygen atoms in total. The summed E-state index contributed by atoms with van der Waals surface area (Å²) in [4.78, 5) is 16.2. The average Bonchev–Trinajstić information content (AvgIpc) is 3.10. The van der Waals surface area contributed by atoms with Crippen LogP contribution < -0.4 is 10.0 Å². The second-order valence-electron chi connectivity index (χ2n) is 6.97. The van der Waals surface area contributed by atoms with Gasteiger partial charge in [-0.1, -0.05) is 31.2 Å². The van der Waals surface area contributed by atoms with Crippen LogP contribution in [0.15, 0.2) is 36.4 Å². The Labute approximate surface area is 172 Å². The molecule has 0 aliphatic carbocycles. The van der Waals surface area contributed by atoms with Crippen LogP contribution in [0, 0.1) is 0 Å². The number of aryl methyl sites for hydroxylation is 1. The van der Waals surface area contributed by atoms with Crippen LogP contribution in [0.5, 0.6) is 0 Å². The molecule has 0 aliphatic heterocycles. The first-order valence-corrected chi connectivity index (χ1v) is 12.0. The number of nitrogens with one attached hydrogen (secondary N) is 2. The van der Waals surface area contributed by atoms with Crippen LogP contribution in [0.1, 0.15) is 38.6 Å². The Kier molecular flexibility index (Phi) is 8.18. The van der Waals surface area contributed by atoms with Gasteiger partial charge < -0.3 is 10.2 Å². The van der Waals surface area contributed by atoms with E-state index in [1.165, 1.54) is 22.5 Å². The van der Waals surface area contributed by atoms with E-state index in [9.17, 15) is 13.2 Å². The van der Waals surface area contributed by atoms with Gasteiger partial charge in [0.1, 0.15) is 0 Å². The van der Waals surface area contributed by atoms with Crippen molar-refractivity contribution in [2.45, 2.75) is 25.8 Å². The zero-order valence-corrected chi connectivity index (χ0v) is 18.5. The number of benzene rings is 1. The molecule has 0 spiro atoms. The molecular weight excluding hydrogens is 394 g/mol. The highest BCUT2D eigenvalue weighted by Crippen LogP contribution is 2.20. The van der Waals surface area contributed by atoms with Gasteiger partial charge in [-0.25, -0.2) is 13.1 Å². The highest BCUT2D eigenvalue weighted by Gasteiger charge is 2.17. The lowest BCUT2D eigenvalue weighted by atomic mass is 10.0. The highest BCUT2D eigenvalue weighted by atomic mass is 32.2. The molecule has 2 N–H and O–H groups in total. The molecule has 1 atom stereocenters. The van der Waals surface area contributed by atoms with Gasteiger partial charge in [0, 0.05) is 18.0 Å². The van der Waals surface area contributed by atoms with Crippen LogP contribution in [0.25, 0.3) is 0 Å². The lowest BCUT2D eigenvalue weighted by molar-refractivity contribution is 0.0946. The Morgan fingerprint density at radius 1 is 1.14 bits per heavy atom. The van der Waals surface area contributed by atoms with Gasteiger partial charge in [-0.3, -0.25) is 4.79 Å². The minimum atomic E-state index is -3.19. The smallest absolute Gasteiger partial charge is 0.261 e. The van der Waals surface area contributed by atoms with E-state index in [4.69, 9.17) is 0 Å². The number of hydrogen-bond acceptors (Lipinski definition) is 5. The SMILES string of the molecule is CCc1ccc(C(CNC(=O)c2ccc(CCNS(C)(=O)=O)s2)N(C)C)cc1. The molecule has 2 aromatic rings. The number of carbonyl (C=O) groups excluding carboxylic acids is 1. The Morgan fingerprint density at radius 3 is 2.39 bits per heavy atom. The van der Waals surface area contributed by atoms with Crippen molar-refractivity contribution in [3.8, 4) is 0 Å². The third-order valence-corrected chi connectivity index (χ3v) is 6.35. The second-order valence-corrected chi connectivity index (χ2v) is 9.97. The minimum absolute atomic E-state index is 0.0910. The van der Waals surface area contributed by atoms with Crippen LogP contribution >= 0.6 is 11.3 Å². The predicted molar refractivity (Wildman–Crippen MR) is 115 cm³/mol. The van der Waals surface area contributed by atoms with Crippen LogP contribution in [0.3, 0.4) is 0 Å². The van der Waals surface area contributed by atoms with Gasteiger partial charge in [0.15, 0.2) is 0 Å². The summed E-state index contributed by atoms with van der Waals surface area (Å²) in [6, 6.07) is 12.2. The summed E-state index contributed by atoms with van der Waals surface area (Å²) in [5, 5.41) is 3.02. The molecule has 0 aliphatic rings. The summed E-state index contributed by atoms with van der Waals surface area (Å²) < 4.78 is 24.7. The van der Waals surface area contributed by atoms with Crippen LogP contribution in [-0.4, -0.2) is 52.7 Å². The summed E-state index contributed by atoms with van der Waals surface area (Å²) in [5.41, 5.74) is 2.46. The lowest BCUT2D eigenvalue weighted by Crippen LogP contribution is -2.34. The number of sulfonamides is 1.